The van der Waals surface area contributed by atoms with E-state index < -0.39 is 0 Å². The van der Waals surface area contributed by atoms with Crippen LogP contribution in [-0.2, 0) is 4.79 Å². The molecule has 0 spiro atoms. The molecule has 1 fully saturated rings. The first-order valence-corrected chi connectivity index (χ1v) is 8.45. The number of rotatable bonds is 4. The second kappa shape index (κ2) is 7.38. The van der Waals surface area contributed by atoms with Gasteiger partial charge in [-0.1, -0.05) is 17.7 Å². The Balaban J connectivity index is 1.81. The van der Waals surface area contributed by atoms with Crippen molar-refractivity contribution in [2.45, 2.75) is 26.2 Å². The number of nitrogens with zero attached hydrogens (tertiary/aromatic N) is 1. The Morgan fingerprint density at radius 1 is 1.16 bits per heavy atom. The fourth-order valence-corrected chi connectivity index (χ4v) is 3.03. The SMILES string of the molecule is COc1cc(NC(=O)c2cccc(C)c2)ccc1N1CCCCC1=O. The van der Waals surface area contributed by atoms with Crippen LogP contribution in [0.1, 0.15) is 35.2 Å². The van der Waals surface area contributed by atoms with Gasteiger partial charge in [-0.3, -0.25) is 9.59 Å². The van der Waals surface area contributed by atoms with Crippen LogP contribution in [0, 0.1) is 6.92 Å². The molecule has 25 heavy (non-hydrogen) atoms. The molecule has 1 N–H and O–H groups in total. The Hall–Kier alpha value is -2.82. The first kappa shape index (κ1) is 17.0. The number of anilines is 2. The third kappa shape index (κ3) is 3.82. The molecule has 3 rings (SSSR count). The number of nitrogens with one attached hydrogen (secondary N) is 1. The van der Waals surface area contributed by atoms with Crippen molar-refractivity contribution >= 4 is 23.2 Å². The van der Waals surface area contributed by atoms with E-state index in [1.54, 1.807) is 30.2 Å². The van der Waals surface area contributed by atoms with Crippen LogP contribution in [-0.4, -0.2) is 25.5 Å². The molecule has 0 aromatic heterocycles. The van der Waals surface area contributed by atoms with E-state index in [4.69, 9.17) is 4.74 Å². The highest BCUT2D eigenvalue weighted by molar-refractivity contribution is 6.05. The molecular weight excluding hydrogens is 316 g/mol. The highest BCUT2D eigenvalue weighted by Gasteiger charge is 2.22. The molecule has 0 unspecified atom stereocenters. The summed E-state index contributed by atoms with van der Waals surface area (Å²) in [5.41, 5.74) is 3.02. The molecular formula is C20H22N2O3. The molecule has 5 heteroatoms. The lowest BCUT2D eigenvalue weighted by molar-refractivity contribution is -0.119. The number of piperidine rings is 1. The van der Waals surface area contributed by atoms with Gasteiger partial charge in [0.25, 0.3) is 5.91 Å². The topological polar surface area (TPSA) is 58.6 Å². The normalized spacial score (nSPS) is 14.3. The fourth-order valence-electron chi connectivity index (χ4n) is 3.03. The molecule has 0 radical (unpaired) electrons. The number of hydrogen-bond acceptors (Lipinski definition) is 3. The summed E-state index contributed by atoms with van der Waals surface area (Å²) in [6.07, 6.45) is 2.48. The van der Waals surface area contributed by atoms with Crippen LogP contribution in [0.25, 0.3) is 0 Å². The van der Waals surface area contributed by atoms with E-state index in [0.717, 1.165) is 24.1 Å². The third-order valence-corrected chi connectivity index (χ3v) is 4.33. The smallest absolute Gasteiger partial charge is 0.255 e. The minimum atomic E-state index is -0.174. The van der Waals surface area contributed by atoms with Crippen molar-refractivity contribution in [1.82, 2.24) is 0 Å². The van der Waals surface area contributed by atoms with Gasteiger partial charge in [0.05, 0.1) is 12.8 Å². The van der Waals surface area contributed by atoms with Crippen LogP contribution in [0.4, 0.5) is 11.4 Å². The van der Waals surface area contributed by atoms with Crippen molar-refractivity contribution in [2.24, 2.45) is 0 Å². The van der Waals surface area contributed by atoms with Crippen LogP contribution in [0.2, 0.25) is 0 Å². The molecule has 1 heterocycles. The molecule has 0 atom stereocenters. The maximum atomic E-state index is 12.4. The predicted octanol–water partition coefficient (Wildman–Crippen LogP) is 3.77. The largest absolute Gasteiger partial charge is 0.494 e. The molecule has 1 aliphatic rings. The van der Waals surface area contributed by atoms with E-state index in [9.17, 15) is 9.59 Å². The van der Waals surface area contributed by atoms with Gasteiger partial charge in [-0.05, 0) is 44.0 Å². The summed E-state index contributed by atoms with van der Waals surface area (Å²) in [5, 5.41) is 2.88. The number of benzene rings is 2. The average Bonchev–Trinajstić information content (AvgIpc) is 2.62. The van der Waals surface area contributed by atoms with Crippen molar-refractivity contribution in [3.8, 4) is 5.75 Å². The van der Waals surface area contributed by atoms with Gasteiger partial charge in [0, 0.05) is 30.3 Å². The van der Waals surface area contributed by atoms with Crippen LogP contribution in [0.3, 0.4) is 0 Å². The van der Waals surface area contributed by atoms with E-state index in [0.29, 0.717) is 30.0 Å². The van der Waals surface area contributed by atoms with Crippen LogP contribution < -0.4 is 15.0 Å². The third-order valence-electron chi connectivity index (χ3n) is 4.33. The minimum Gasteiger partial charge on any atom is -0.494 e. The minimum absolute atomic E-state index is 0.112. The second-order valence-corrected chi connectivity index (χ2v) is 6.21. The zero-order valence-electron chi connectivity index (χ0n) is 14.5. The first-order valence-electron chi connectivity index (χ1n) is 8.45. The summed E-state index contributed by atoms with van der Waals surface area (Å²) in [4.78, 5) is 26.3. The van der Waals surface area contributed by atoms with Crippen LogP contribution in [0.15, 0.2) is 42.5 Å². The molecule has 130 valence electrons. The van der Waals surface area contributed by atoms with E-state index in [1.165, 1.54) is 0 Å². The number of methoxy groups -OCH3 is 1. The highest BCUT2D eigenvalue weighted by atomic mass is 16.5. The Labute approximate surface area is 147 Å². The van der Waals surface area contributed by atoms with Gasteiger partial charge < -0.3 is 15.0 Å². The molecule has 0 aliphatic carbocycles. The number of amides is 2. The number of hydrogen-bond donors (Lipinski definition) is 1. The second-order valence-electron chi connectivity index (χ2n) is 6.21. The number of ether oxygens (including phenoxy) is 1. The molecule has 5 nitrogen and oxygen atoms in total. The van der Waals surface area contributed by atoms with E-state index in [-0.39, 0.29) is 11.8 Å². The Morgan fingerprint density at radius 3 is 2.72 bits per heavy atom. The Morgan fingerprint density at radius 2 is 2.00 bits per heavy atom. The maximum absolute atomic E-state index is 12.4. The van der Waals surface area contributed by atoms with Gasteiger partial charge in [-0.25, -0.2) is 0 Å². The van der Waals surface area contributed by atoms with Crippen LogP contribution >= 0.6 is 0 Å². The van der Waals surface area contributed by atoms with Gasteiger partial charge in [-0.2, -0.15) is 0 Å². The summed E-state index contributed by atoms with van der Waals surface area (Å²) in [6, 6.07) is 12.8. The number of aryl methyl sites for hydroxylation is 1. The standard InChI is InChI=1S/C20H22N2O3/c1-14-6-5-7-15(12-14)20(24)21-16-9-10-17(18(13-16)25-2)22-11-4-3-8-19(22)23/h5-7,9-10,12-13H,3-4,8,11H2,1-2H3,(H,21,24). The molecule has 2 amide bonds. The monoisotopic (exact) mass is 338 g/mol. The quantitative estimate of drug-likeness (QED) is 0.923. The lowest BCUT2D eigenvalue weighted by Crippen LogP contribution is -2.35. The van der Waals surface area contributed by atoms with Gasteiger partial charge in [0.2, 0.25) is 5.91 Å². The van der Waals surface area contributed by atoms with Crippen molar-refractivity contribution in [1.29, 1.82) is 0 Å². The van der Waals surface area contributed by atoms with E-state index in [2.05, 4.69) is 5.32 Å². The average molecular weight is 338 g/mol. The molecule has 1 aliphatic heterocycles. The van der Waals surface area contributed by atoms with Gasteiger partial charge in [0.1, 0.15) is 5.75 Å². The van der Waals surface area contributed by atoms with Crippen molar-refractivity contribution in [2.75, 3.05) is 23.9 Å². The highest BCUT2D eigenvalue weighted by Crippen LogP contribution is 2.33. The summed E-state index contributed by atoms with van der Waals surface area (Å²) >= 11 is 0. The van der Waals surface area contributed by atoms with Gasteiger partial charge in [-0.15, -0.1) is 0 Å². The van der Waals surface area contributed by atoms with E-state index in [1.807, 2.05) is 31.2 Å². The summed E-state index contributed by atoms with van der Waals surface area (Å²) in [5.74, 6) is 0.519. The van der Waals surface area contributed by atoms with Gasteiger partial charge in [0.15, 0.2) is 0 Å². The summed E-state index contributed by atoms with van der Waals surface area (Å²) < 4.78 is 5.45. The zero-order valence-corrected chi connectivity index (χ0v) is 14.5. The predicted molar refractivity (Wildman–Crippen MR) is 98.3 cm³/mol. The van der Waals surface area contributed by atoms with Crippen molar-refractivity contribution in [3.05, 3.63) is 53.6 Å². The molecule has 0 bridgehead atoms. The lowest BCUT2D eigenvalue weighted by Gasteiger charge is -2.28. The summed E-state index contributed by atoms with van der Waals surface area (Å²) in [6.45, 7) is 2.65. The number of carbonyl (C=O) groups is 2. The van der Waals surface area contributed by atoms with Crippen molar-refractivity contribution < 1.29 is 14.3 Å². The Kier molecular flexibility index (Phi) is 5.03. The van der Waals surface area contributed by atoms with Crippen LogP contribution in [0.5, 0.6) is 5.75 Å². The lowest BCUT2D eigenvalue weighted by atomic mass is 10.1. The number of carbonyl (C=O) groups excluding carboxylic acids is 2. The molecule has 2 aromatic carbocycles. The zero-order chi connectivity index (χ0) is 17.8. The van der Waals surface area contributed by atoms with E-state index >= 15 is 0 Å². The molecule has 1 saturated heterocycles. The molecule has 0 saturated carbocycles. The summed E-state index contributed by atoms with van der Waals surface area (Å²) in [7, 11) is 1.57. The fraction of sp³-hybridized carbons (Fsp3) is 0.300. The Bertz CT molecular complexity index is 801. The first-order chi connectivity index (χ1) is 12.1. The maximum Gasteiger partial charge on any atom is 0.255 e. The van der Waals surface area contributed by atoms with Crippen molar-refractivity contribution in [3.63, 3.8) is 0 Å². The van der Waals surface area contributed by atoms with Gasteiger partial charge >= 0.3 is 0 Å². The molecule has 2 aromatic rings.